The normalized spacial score (nSPS) is 17.8. The Labute approximate surface area is 120 Å². The Balaban J connectivity index is 2.15. The van der Waals surface area contributed by atoms with Crippen molar-refractivity contribution in [2.45, 2.75) is 19.8 Å². The molecule has 0 atom stereocenters. The van der Waals surface area contributed by atoms with Gasteiger partial charge in [0.25, 0.3) is 11.5 Å². The standard InChI is InChI=1S/C13H15ClN2O4/c1-13(12(19)20)2-4-16(5-3-13)11(18)9-6-8(14)7-15-10(9)17/h6-7H,2-5H2,1H3,(H,15,17)(H,19,20). The first-order valence-electron chi connectivity index (χ1n) is 6.24. The highest BCUT2D eigenvalue weighted by Crippen LogP contribution is 2.31. The van der Waals surface area contributed by atoms with E-state index in [1.54, 1.807) is 6.92 Å². The van der Waals surface area contributed by atoms with Gasteiger partial charge in [-0.1, -0.05) is 11.6 Å². The molecule has 1 fully saturated rings. The van der Waals surface area contributed by atoms with E-state index < -0.39 is 22.9 Å². The molecule has 7 heteroatoms. The lowest BCUT2D eigenvalue weighted by atomic mass is 9.80. The van der Waals surface area contributed by atoms with Gasteiger partial charge in [0, 0.05) is 19.3 Å². The predicted molar refractivity (Wildman–Crippen MR) is 73.0 cm³/mol. The number of carbonyl (C=O) groups is 2. The van der Waals surface area contributed by atoms with Crippen LogP contribution in [0.4, 0.5) is 0 Å². The number of piperidine rings is 1. The third-order valence-corrected chi connectivity index (χ3v) is 3.99. The van der Waals surface area contributed by atoms with Gasteiger partial charge in [-0.25, -0.2) is 0 Å². The summed E-state index contributed by atoms with van der Waals surface area (Å²) < 4.78 is 0. The minimum atomic E-state index is -0.856. The van der Waals surface area contributed by atoms with Gasteiger partial charge >= 0.3 is 5.97 Å². The Morgan fingerprint density at radius 3 is 2.55 bits per heavy atom. The smallest absolute Gasteiger partial charge is 0.309 e. The van der Waals surface area contributed by atoms with Crippen LogP contribution in [0.3, 0.4) is 0 Å². The third kappa shape index (κ3) is 2.70. The van der Waals surface area contributed by atoms with Crippen LogP contribution in [-0.2, 0) is 4.79 Å². The molecule has 1 aliphatic heterocycles. The molecule has 0 bridgehead atoms. The molecule has 108 valence electrons. The second-order valence-corrected chi connectivity index (χ2v) is 5.66. The number of likely N-dealkylation sites (tertiary alicyclic amines) is 1. The van der Waals surface area contributed by atoms with Gasteiger partial charge in [0.2, 0.25) is 0 Å². The number of aliphatic carboxylic acids is 1. The number of aromatic nitrogens is 1. The molecule has 0 spiro atoms. The molecule has 6 nitrogen and oxygen atoms in total. The number of hydrogen-bond acceptors (Lipinski definition) is 3. The van der Waals surface area contributed by atoms with Crippen molar-refractivity contribution in [1.29, 1.82) is 0 Å². The zero-order valence-corrected chi connectivity index (χ0v) is 11.7. The number of hydrogen-bond donors (Lipinski definition) is 2. The molecule has 1 aromatic heterocycles. The average molecular weight is 299 g/mol. The monoisotopic (exact) mass is 298 g/mol. The van der Waals surface area contributed by atoms with Crippen LogP contribution in [-0.4, -0.2) is 40.0 Å². The fraction of sp³-hybridized carbons (Fsp3) is 0.462. The fourth-order valence-corrected chi connectivity index (χ4v) is 2.37. The predicted octanol–water partition coefficient (Wildman–Crippen LogP) is 1.36. The Hall–Kier alpha value is -1.82. The van der Waals surface area contributed by atoms with E-state index in [1.807, 2.05) is 0 Å². The van der Waals surface area contributed by atoms with Crippen LogP contribution in [0.5, 0.6) is 0 Å². The first-order valence-corrected chi connectivity index (χ1v) is 6.62. The number of pyridine rings is 1. The summed E-state index contributed by atoms with van der Waals surface area (Å²) in [6.07, 6.45) is 2.05. The van der Waals surface area contributed by atoms with Gasteiger partial charge in [0.1, 0.15) is 5.56 Å². The highest BCUT2D eigenvalue weighted by molar-refractivity contribution is 6.30. The summed E-state index contributed by atoms with van der Waals surface area (Å²) in [4.78, 5) is 38.9. The fourth-order valence-electron chi connectivity index (χ4n) is 2.20. The van der Waals surface area contributed by atoms with E-state index >= 15 is 0 Å². The molecule has 1 aliphatic rings. The molecule has 0 aromatic carbocycles. The molecule has 0 unspecified atom stereocenters. The number of carboxylic acids is 1. The Morgan fingerprint density at radius 2 is 2.00 bits per heavy atom. The Morgan fingerprint density at radius 1 is 1.40 bits per heavy atom. The summed E-state index contributed by atoms with van der Waals surface area (Å²) in [5, 5.41) is 9.42. The maximum absolute atomic E-state index is 12.3. The van der Waals surface area contributed by atoms with Crippen LogP contribution in [0.15, 0.2) is 17.1 Å². The van der Waals surface area contributed by atoms with Gasteiger partial charge in [-0.05, 0) is 25.8 Å². The summed E-state index contributed by atoms with van der Waals surface area (Å²) >= 11 is 5.77. The number of nitrogens with zero attached hydrogens (tertiary/aromatic N) is 1. The van der Waals surface area contributed by atoms with Gasteiger partial charge in [-0.2, -0.15) is 0 Å². The molecule has 0 aliphatic carbocycles. The van der Waals surface area contributed by atoms with Crippen molar-refractivity contribution >= 4 is 23.5 Å². The number of rotatable bonds is 2. The summed E-state index contributed by atoms with van der Waals surface area (Å²) in [6, 6.07) is 1.33. The molecule has 1 amide bonds. The SMILES string of the molecule is CC1(C(=O)O)CCN(C(=O)c2cc(Cl)c[nH]c2=O)CC1. The first kappa shape index (κ1) is 14.6. The summed E-state index contributed by atoms with van der Waals surface area (Å²) in [5.41, 5.74) is -1.32. The summed E-state index contributed by atoms with van der Waals surface area (Å²) in [5.74, 6) is -1.27. The highest BCUT2D eigenvalue weighted by Gasteiger charge is 2.38. The zero-order valence-electron chi connectivity index (χ0n) is 11.0. The van der Waals surface area contributed by atoms with Crippen LogP contribution in [0.25, 0.3) is 0 Å². The van der Waals surface area contributed by atoms with Crippen LogP contribution >= 0.6 is 11.6 Å². The number of halogens is 1. The van der Waals surface area contributed by atoms with Crippen molar-refractivity contribution in [3.63, 3.8) is 0 Å². The molecule has 1 saturated heterocycles. The minimum Gasteiger partial charge on any atom is -0.481 e. The number of amides is 1. The quantitative estimate of drug-likeness (QED) is 0.862. The lowest BCUT2D eigenvalue weighted by molar-refractivity contribution is -0.150. The average Bonchev–Trinajstić information content (AvgIpc) is 2.41. The number of nitrogens with one attached hydrogen (secondary N) is 1. The van der Waals surface area contributed by atoms with E-state index in [2.05, 4.69) is 4.98 Å². The molecule has 1 aromatic rings. The van der Waals surface area contributed by atoms with Crippen molar-refractivity contribution in [1.82, 2.24) is 9.88 Å². The van der Waals surface area contributed by atoms with E-state index in [0.29, 0.717) is 25.9 Å². The summed E-state index contributed by atoms with van der Waals surface area (Å²) in [7, 11) is 0. The maximum atomic E-state index is 12.3. The topological polar surface area (TPSA) is 90.5 Å². The van der Waals surface area contributed by atoms with Gasteiger partial charge in [-0.3, -0.25) is 14.4 Å². The van der Waals surface area contributed by atoms with Crippen molar-refractivity contribution in [2.75, 3.05) is 13.1 Å². The highest BCUT2D eigenvalue weighted by atomic mass is 35.5. The van der Waals surface area contributed by atoms with Gasteiger partial charge < -0.3 is 15.0 Å². The van der Waals surface area contributed by atoms with E-state index in [0.717, 1.165) is 0 Å². The second-order valence-electron chi connectivity index (χ2n) is 5.22. The van der Waals surface area contributed by atoms with E-state index in [9.17, 15) is 14.4 Å². The Kier molecular flexibility index (Phi) is 3.85. The van der Waals surface area contributed by atoms with Crippen LogP contribution < -0.4 is 5.56 Å². The van der Waals surface area contributed by atoms with Crippen LogP contribution in [0.2, 0.25) is 5.02 Å². The van der Waals surface area contributed by atoms with Crippen molar-refractivity contribution < 1.29 is 14.7 Å². The largest absolute Gasteiger partial charge is 0.481 e. The lowest BCUT2D eigenvalue weighted by Crippen LogP contribution is -2.46. The maximum Gasteiger partial charge on any atom is 0.309 e. The number of H-pyrrole nitrogens is 1. The molecular weight excluding hydrogens is 284 g/mol. The van der Waals surface area contributed by atoms with Gasteiger partial charge in [0.05, 0.1) is 10.4 Å². The van der Waals surface area contributed by atoms with Crippen molar-refractivity contribution in [3.8, 4) is 0 Å². The number of aromatic amines is 1. The van der Waals surface area contributed by atoms with Crippen LogP contribution in [0.1, 0.15) is 30.1 Å². The molecule has 20 heavy (non-hydrogen) atoms. The van der Waals surface area contributed by atoms with Gasteiger partial charge in [-0.15, -0.1) is 0 Å². The molecular formula is C13H15ClN2O4. The van der Waals surface area contributed by atoms with E-state index in [-0.39, 0.29) is 10.6 Å². The molecule has 2 N–H and O–H groups in total. The molecule has 0 radical (unpaired) electrons. The van der Waals surface area contributed by atoms with Crippen LogP contribution in [0, 0.1) is 5.41 Å². The molecule has 2 heterocycles. The number of carboxylic acid groups (broad SMARTS) is 1. The van der Waals surface area contributed by atoms with Crippen molar-refractivity contribution in [2.24, 2.45) is 5.41 Å². The van der Waals surface area contributed by atoms with E-state index in [1.165, 1.54) is 17.2 Å². The molecule has 0 saturated carbocycles. The third-order valence-electron chi connectivity index (χ3n) is 3.77. The zero-order chi connectivity index (χ0) is 14.9. The second kappa shape index (κ2) is 5.28. The summed E-state index contributed by atoms with van der Waals surface area (Å²) in [6.45, 7) is 2.30. The lowest BCUT2D eigenvalue weighted by Gasteiger charge is -2.36. The Bertz CT molecular complexity index is 603. The first-order chi connectivity index (χ1) is 9.33. The minimum absolute atomic E-state index is 0.0172. The van der Waals surface area contributed by atoms with Crippen molar-refractivity contribution in [3.05, 3.63) is 33.2 Å². The molecule has 2 rings (SSSR count). The number of carbonyl (C=O) groups excluding carboxylic acids is 1. The van der Waals surface area contributed by atoms with E-state index in [4.69, 9.17) is 16.7 Å². The van der Waals surface area contributed by atoms with Gasteiger partial charge in [0.15, 0.2) is 0 Å².